The average Bonchev–Trinajstić information content (AvgIpc) is 2.47. The summed E-state index contributed by atoms with van der Waals surface area (Å²) in [5, 5.41) is 2.84. The molecule has 112 valence electrons. The van der Waals surface area contributed by atoms with Crippen LogP contribution in [0.5, 0.6) is 11.5 Å². The Hall–Kier alpha value is -1.75. The van der Waals surface area contributed by atoms with E-state index >= 15 is 0 Å². The maximum atomic E-state index is 11.9. The molecule has 0 aliphatic rings. The maximum absolute atomic E-state index is 11.9. The molecule has 5 heteroatoms. The van der Waals surface area contributed by atoms with Crippen LogP contribution in [-0.2, 0) is 11.3 Å². The highest BCUT2D eigenvalue weighted by molar-refractivity contribution is 5.80. The van der Waals surface area contributed by atoms with Crippen LogP contribution in [0.15, 0.2) is 18.2 Å². The molecule has 0 fully saturated rings. The predicted molar refractivity (Wildman–Crippen MR) is 78.9 cm³/mol. The van der Waals surface area contributed by atoms with E-state index in [9.17, 15) is 4.79 Å². The topological polar surface area (TPSA) is 73.6 Å². The third kappa shape index (κ3) is 4.74. The third-order valence-electron chi connectivity index (χ3n) is 2.99. The largest absolute Gasteiger partial charge is 0.497 e. The van der Waals surface area contributed by atoms with E-state index in [1.165, 1.54) is 0 Å². The van der Waals surface area contributed by atoms with E-state index in [-0.39, 0.29) is 5.91 Å². The Morgan fingerprint density at radius 2 is 2.20 bits per heavy atom. The number of ether oxygens (including phenoxy) is 2. The number of hydrogen-bond acceptors (Lipinski definition) is 4. The lowest BCUT2D eigenvalue weighted by Gasteiger charge is -2.17. The molecular weight excluding hydrogens is 256 g/mol. The highest BCUT2D eigenvalue weighted by Gasteiger charge is 2.15. The van der Waals surface area contributed by atoms with Crippen molar-refractivity contribution in [3.8, 4) is 11.5 Å². The summed E-state index contributed by atoms with van der Waals surface area (Å²) in [7, 11) is 1.60. The molecule has 3 N–H and O–H groups in total. The molecule has 1 amide bonds. The Balaban J connectivity index is 2.65. The Morgan fingerprint density at radius 3 is 2.80 bits per heavy atom. The monoisotopic (exact) mass is 280 g/mol. The smallest absolute Gasteiger partial charge is 0.260 e. The Morgan fingerprint density at radius 1 is 1.45 bits per heavy atom. The first-order chi connectivity index (χ1) is 9.62. The van der Waals surface area contributed by atoms with Crippen molar-refractivity contribution in [3.63, 3.8) is 0 Å². The molecule has 1 rings (SSSR count). The number of nitrogens with one attached hydrogen (secondary N) is 1. The molecule has 0 bridgehead atoms. The highest BCUT2D eigenvalue weighted by atomic mass is 16.5. The SMILES string of the molecule is CCCCNC(=O)C(C)Oc1ccc(OC)cc1CN. The maximum Gasteiger partial charge on any atom is 0.260 e. The van der Waals surface area contributed by atoms with Gasteiger partial charge in [0.15, 0.2) is 6.10 Å². The van der Waals surface area contributed by atoms with Gasteiger partial charge in [-0.3, -0.25) is 4.79 Å². The Bertz CT molecular complexity index is 435. The molecule has 1 atom stereocenters. The molecule has 1 aromatic carbocycles. The summed E-state index contributed by atoms with van der Waals surface area (Å²) in [6, 6.07) is 5.38. The second-order valence-electron chi connectivity index (χ2n) is 4.58. The molecule has 0 heterocycles. The minimum Gasteiger partial charge on any atom is -0.497 e. The van der Waals surface area contributed by atoms with Crippen LogP contribution in [0.2, 0.25) is 0 Å². The summed E-state index contributed by atoms with van der Waals surface area (Å²) in [6.45, 7) is 4.81. The van der Waals surface area contributed by atoms with E-state index in [1.54, 1.807) is 26.2 Å². The van der Waals surface area contributed by atoms with Crippen LogP contribution < -0.4 is 20.5 Å². The molecule has 1 unspecified atom stereocenters. The van der Waals surface area contributed by atoms with E-state index < -0.39 is 6.10 Å². The van der Waals surface area contributed by atoms with E-state index in [0.717, 1.165) is 24.2 Å². The van der Waals surface area contributed by atoms with Gasteiger partial charge in [0.2, 0.25) is 0 Å². The van der Waals surface area contributed by atoms with Crippen LogP contribution in [0.25, 0.3) is 0 Å². The molecule has 0 saturated carbocycles. The van der Waals surface area contributed by atoms with E-state index in [4.69, 9.17) is 15.2 Å². The standard InChI is InChI=1S/C15H24N2O3/c1-4-5-8-17-15(18)11(2)20-14-7-6-13(19-3)9-12(14)10-16/h6-7,9,11H,4-5,8,10,16H2,1-3H3,(H,17,18). The molecule has 0 aliphatic carbocycles. The van der Waals surface area contributed by atoms with Crippen molar-refractivity contribution in [3.05, 3.63) is 23.8 Å². The number of carbonyl (C=O) groups is 1. The molecular formula is C15H24N2O3. The number of hydrogen-bond donors (Lipinski definition) is 2. The number of amides is 1. The number of rotatable bonds is 8. The minimum atomic E-state index is -0.550. The summed E-state index contributed by atoms with van der Waals surface area (Å²) in [4.78, 5) is 11.9. The van der Waals surface area contributed by atoms with Crippen molar-refractivity contribution in [1.29, 1.82) is 0 Å². The summed E-state index contributed by atoms with van der Waals surface area (Å²) in [5.74, 6) is 1.22. The quantitative estimate of drug-likeness (QED) is 0.713. The van der Waals surface area contributed by atoms with Gasteiger partial charge in [-0.05, 0) is 31.5 Å². The van der Waals surface area contributed by atoms with E-state index in [0.29, 0.717) is 18.8 Å². The van der Waals surface area contributed by atoms with Gasteiger partial charge in [-0.2, -0.15) is 0 Å². The molecule has 5 nitrogen and oxygen atoms in total. The summed E-state index contributed by atoms with van der Waals surface area (Å²) < 4.78 is 10.8. The summed E-state index contributed by atoms with van der Waals surface area (Å²) >= 11 is 0. The fourth-order valence-corrected chi connectivity index (χ4v) is 1.73. The Labute approximate surface area is 120 Å². The van der Waals surface area contributed by atoms with Gasteiger partial charge in [-0.1, -0.05) is 13.3 Å². The van der Waals surface area contributed by atoms with Gasteiger partial charge in [0, 0.05) is 18.7 Å². The normalized spacial score (nSPS) is 11.8. The molecule has 0 aromatic heterocycles. The zero-order valence-electron chi connectivity index (χ0n) is 12.4. The van der Waals surface area contributed by atoms with Gasteiger partial charge < -0.3 is 20.5 Å². The second-order valence-corrected chi connectivity index (χ2v) is 4.58. The van der Waals surface area contributed by atoms with Crippen molar-refractivity contribution in [2.75, 3.05) is 13.7 Å². The minimum absolute atomic E-state index is 0.114. The van der Waals surface area contributed by atoms with E-state index in [1.807, 2.05) is 6.07 Å². The highest BCUT2D eigenvalue weighted by Crippen LogP contribution is 2.24. The number of unbranched alkanes of at least 4 members (excludes halogenated alkanes) is 1. The molecule has 0 radical (unpaired) electrons. The number of nitrogens with two attached hydrogens (primary N) is 1. The van der Waals surface area contributed by atoms with Crippen molar-refractivity contribution in [2.24, 2.45) is 5.73 Å². The number of benzene rings is 1. The van der Waals surface area contributed by atoms with Gasteiger partial charge in [-0.25, -0.2) is 0 Å². The third-order valence-corrected chi connectivity index (χ3v) is 2.99. The number of methoxy groups -OCH3 is 1. The van der Waals surface area contributed by atoms with Gasteiger partial charge in [-0.15, -0.1) is 0 Å². The molecule has 0 aliphatic heterocycles. The van der Waals surface area contributed by atoms with Crippen LogP contribution in [0.1, 0.15) is 32.3 Å². The van der Waals surface area contributed by atoms with Gasteiger partial charge >= 0.3 is 0 Å². The van der Waals surface area contributed by atoms with Crippen LogP contribution >= 0.6 is 0 Å². The molecule has 0 spiro atoms. The van der Waals surface area contributed by atoms with Crippen LogP contribution in [0, 0.1) is 0 Å². The average molecular weight is 280 g/mol. The van der Waals surface area contributed by atoms with Crippen LogP contribution in [0.3, 0.4) is 0 Å². The summed E-state index contributed by atoms with van der Waals surface area (Å²) in [5.41, 5.74) is 6.51. The molecule has 20 heavy (non-hydrogen) atoms. The fourth-order valence-electron chi connectivity index (χ4n) is 1.73. The lowest BCUT2D eigenvalue weighted by Crippen LogP contribution is -2.37. The van der Waals surface area contributed by atoms with Crippen molar-refractivity contribution in [1.82, 2.24) is 5.32 Å². The van der Waals surface area contributed by atoms with Crippen LogP contribution in [0.4, 0.5) is 0 Å². The van der Waals surface area contributed by atoms with Crippen molar-refractivity contribution in [2.45, 2.75) is 39.3 Å². The summed E-state index contributed by atoms with van der Waals surface area (Å²) in [6.07, 6.45) is 1.46. The van der Waals surface area contributed by atoms with Gasteiger partial charge in [0.1, 0.15) is 11.5 Å². The number of carbonyl (C=O) groups excluding carboxylic acids is 1. The lowest BCUT2D eigenvalue weighted by atomic mass is 10.2. The van der Waals surface area contributed by atoms with Crippen molar-refractivity contribution < 1.29 is 14.3 Å². The van der Waals surface area contributed by atoms with Crippen LogP contribution in [-0.4, -0.2) is 25.7 Å². The first kappa shape index (κ1) is 16.3. The zero-order chi connectivity index (χ0) is 15.0. The predicted octanol–water partition coefficient (Wildman–Crippen LogP) is 1.84. The van der Waals surface area contributed by atoms with Gasteiger partial charge in [0.25, 0.3) is 5.91 Å². The lowest BCUT2D eigenvalue weighted by molar-refractivity contribution is -0.127. The van der Waals surface area contributed by atoms with Crippen molar-refractivity contribution >= 4 is 5.91 Å². The fraction of sp³-hybridized carbons (Fsp3) is 0.533. The van der Waals surface area contributed by atoms with Gasteiger partial charge in [0.05, 0.1) is 7.11 Å². The molecule has 0 saturated heterocycles. The van der Waals surface area contributed by atoms with E-state index in [2.05, 4.69) is 12.2 Å². The molecule has 1 aromatic rings. The first-order valence-corrected chi connectivity index (χ1v) is 6.93. The Kier molecular flexibility index (Phi) is 6.87. The zero-order valence-corrected chi connectivity index (χ0v) is 12.4. The first-order valence-electron chi connectivity index (χ1n) is 6.93. The second kappa shape index (κ2) is 8.43.